The first-order valence-corrected chi connectivity index (χ1v) is 7.61. The zero-order valence-corrected chi connectivity index (χ0v) is 13.9. The van der Waals surface area contributed by atoms with Crippen LogP contribution in [-0.2, 0) is 22.1 Å². The lowest BCUT2D eigenvalue weighted by Gasteiger charge is -2.17. The molecule has 0 aliphatic carbocycles. The van der Waals surface area contributed by atoms with Gasteiger partial charge in [0.15, 0.2) is 0 Å². The summed E-state index contributed by atoms with van der Waals surface area (Å²) in [6, 6.07) is 4.89. The molecule has 2 aromatic carbocycles. The van der Waals surface area contributed by atoms with E-state index in [1.807, 2.05) is 0 Å². The smallest absolute Gasteiger partial charge is 0.416 e. The standard InChI is InChI=1S/C18H14F5NO3/c1-27-17(26)15(6-10-2-4-12(5-3-10)18(21,22)23)24-16(25)11-7-13(19)9-14(20)8-11/h2-5,7-9,15H,6H2,1H3,(H,24,25)/t15-/m1/s1. The molecule has 27 heavy (non-hydrogen) atoms. The van der Waals surface area contributed by atoms with Crippen LogP contribution in [0.1, 0.15) is 21.5 Å². The SMILES string of the molecule is COC(=O)[C@@H](Cc1ccc(C(F)(F)F)cc1)NC(=O)c1cc(F)cc(F)c1. The Labute approximate surface area is 150 Å². The Morgan fingerprint density at radius 3 is 2.07 bits per heavy atom. The van der Waals surface area contributed by atoms with Crippen LogP contribution in [-0.4, -0.2) is 25.0 Å². The maximum absolute atomic E-state index is 13.2. The van der Waals surface area contributed by atoms with Crippen LogP contribution in [0.2, 0.25) is 0 Å². The Kier molecular flexibility index (Phi) is 6.14. The van der Waals surface area contributed by atoms with Crippen molar-refractivity contribution < 1.29 is 36.3 Å². The molecule has 0 fully saturated rings. The minimum atomic E-state index is -4.50. The van der Waals surface area contributed by atoms with Crippen LogP contribution in [0.25, 0.3) is 0 Å². The summed E-state index contributed by atoms with van der Waals surface area (Å²) < 4.78 is 68.8. The van der Waals surface area contributed by atoms with Crippen molar-refractivity contribution in [2.24, 2.45) is 0 Å². The van der Waals surface area contributed by atoms with E-state index in [0.29, 0.717) is 11.6 Å². The van der Waals surface area contributed by atoms with Crippen LogP contribution in [0.3, 0.4) is 0 Å². The van der Waals surface area contributed by atoms with E-state index in [0.717, 1.165) is 43.5 Å². The van der Waals surface area contributed by atoms with Gasteiger partial charge >= 0.3 is 12.1 Å². The molecule has 1 N–H and O–H groups in total. The minimum absolute atomic E-state index is 0.172. The number of ether oxygens (including phenoxy) is 1. The van der Waals surface area contributed by atoms with Crippen molar-refractivity contribution in [2.45, 2.75) is 18.6 Å². The maximum atomic E-state index is 13.2. The number of carbonyl (C=O) groups is 2. The minimum Gasteiger partial charge on any atom is -0.467 e. The number of carbonyl (C=O) groups excluding carboxylic acids is 2. The number of rotatable bonds is 5. The average Bonchev–Trinajstić information content (AvgIpc) is 2.59. The molecule has 144 valence electrons. The predicted molar refractivity (Wildman–Crippen MR) is 84.8 cm³/mol. The Morgan fingerprint density at radius 1 is 1.04 bits per heavy atom. The van der Waals surface area contributed by atoms with Gasteiger partial charge in [0.25, 0.3) is 5.91 Å². The van der Waals surface area contributed by atoms with Gasteiger partial charge in [-0.3, -0.25) is 4.79 Å². The van der Waals surface area contributed by atoms with Crippen LogP contribution in [0, 0.1) is 11.6 Å². The molecule has 0 radical (unpaired) electrons. The second kappa shape index (κ2) is 8.15. The van der Waals surface area contributed by atoms with Crippen molar-refractivity contribution >= 4 is 11.9 Å². The first kappa shape index (κ1) is 20.3. The molecule has 0 aromatic heterocycles. The molecule has 0 spiro atoms. The molecule has 2 aromatic rings. The molecular weight excluding hydrogens is 373 g/mol. The van der Waals surface area contributed by atoms with Crippen LogP contribution in [0.5, 0.6) is 0 Å². The van der Waals surface area contributed by atoms with Gasteiger partial charge in [0.1, 0.15) is 17.7 Å². The highest BCUT2D eigenvalue weighted by Crippen LogP contribution is 2.29. The third-order valence-corrected chi connectivity index (χ3v) is 3.64. The van der Waals surface area contributed by atoms with Crippen molar-refractivity contribution in [3.8, 4) is 0 Å². The number of hydrogen-bond acceptors (Lipinski definition) is 3. The Morgan fingerprint density at radius 2 is 1.59 bits per heavy atom. The van der Waals surface area contributed by atoms with Gasteiger partial charge in [-0.15, -0.1) is 0 Å². The number of esters is 1. The normalized spacial score (nSPS) is 12.4. The second-order valence-electron chi connectivity index (χ2n) is 5.61. The van der Waals surface area contributed by atoms with Gasteiger partial charge in [0.2, 0.25) is 0 Å². The van der Waals surface area contributed by atoms with Gasteiger partial charge in [0.05, 0.1) is 12.7 Å². The fourth-order valence-corrected chi connectivity index (χ4v) is 2.33. The van der Waals surface area contributed by atoms with E-state index >= 15 is 0 Å². The van der Waals surface area contributed by atoms with Crippen LogP contribution in [0.4, 0.5) is 22.0 Å². The lowest BCUT2D eigenvalue weighted by molar-refractivity contribution is -0.143. The van der Waals surface area contributed by atoms with E-state index in [9.17, 15) is 31.5 Å². The van der Waals surface area contributed by atoms with Crippen LogP contribution < -0.4 is 5.32 Å². The van der Waals surface area contributed by atoms with Gasteiger partial charge in [-0.2, -0.15) is 13.2 Å². The van der Waals surface area contributed by atoms with Gasteiger partial charge < -0.3 is 10.1 Å². The van der Waals surface area contributed by atoms with Gasteiger partial charge in [0, 0.05) is 18.1 Å². The summed E-state index contributed by atoms with van der Waals surface area (Å²) in [4.78, 5) is 24.0. The van der Waals surface area contributed by atoms with Crippen LogP contribution >= 0.6 is 0 Å². The third-order valence-electron chi connectivity index (χ3n) is 3.64. The van der Waals surface area contributed by atoms with E-state index in [-0.39, 0.29) is 12.0 Å². The quantitative estimate of drug-likeness (QED) is 0.631. The Bertz CT molecular complexity index is 814. The van der Waals surface area contributed by atoms with E-state index in [2.05, 4.69) is 10.1 Å². The summed E-state index contributed by atoms with van der Waals surface area (Å²) in [5, 5.41) is 2.26. The van der Waals surface area contributed by atoms with Crippen molar-refractivity contribution in [1.29, 1.82) is 0 Å². The van der Waals surface area contributed by atoms with Gasteiger partial charge in [-0.05, 0) is 29.8 Å². The summed E-state index contributed by atoms with van der Waals surface area (Å²) in [5.74, 6) is -3.74. The Balaban J connectivity index is 2.18. The predicted octanol–water partition coefficient (Wildman–Crippen LogP) is 3.50. The van der Waals surface area contributed by atoms with Crippen LogP contribution in [0.15, 0.2) is 42.5 Å². The summed E-state index contributed by atoms with van der Waals surface area (Å²) in [6.45, 7) is 0. The number of benzene rings is 2. The van der Waals surface area contributed by atoms with Crippen molar-refractivity contribution in [1.82, 2.24) is 5.32 Å². The molecule has 0 saturated carbocycles. The molecule has 0 unspecified atom stereocenters. The third kappa shape index (κ3) is 5.50. The highest BCUT2D eigenvalue weighted by atomic mass is 19.4. The molecule has 9 heteroatoms. The van der Waals surface area contributed by atoms with E-state index < -0.39 is 41.3 Å². The fraction of sp³-hybridized carbons (Fsp3) is 0.222. The highest BCUT2D eigenvalue weighted by Gasteiger charge is 2.30. The number of alkyl halides is 3. The highest BCUT2D eigenvalue weighted by molar-refractivity contribution is 5.96. The lowest BCUT2D eigenvalue weighted by Crippen LogP contribution is -2.43. The van der Waals surface area contributed by atoms with Crippen molar-refractivity contribution in [2.75, 3.05) is 7.11 Å². The average molecular weight is 387 g/mol. The van der Waals surface area contributed by atoms with E-state index in [1.165, 1.54) is 0 Å². The van der Waals surface area contributed by atoms with E-state index in [4.69, 9.17) is 0 Å². The Hall–Kier alpha value is -2.97. The molecule has 0 saturated heterocycles. The van der Waals surface area contributed by atoms with Gasteiger partial charge in [-0.25, -0.2) is 13.6 Å². The molecule has 0 heterocycles. The molecule has 0 bridgehead atoms. The number of nitrogens with one attached hydrogen (secondary N) is 1. The number of amides is 1. The zero-order chi connectivity index (χ0) is 20.2. The first-order chi connectivity index (χ1) is 12.6. The molecule has 0 aliphatic rings. The van der Waals surface area contributed by atoms with Crippen molar-refractivity contribution in [3.05, 3.63) is 70.8 Å². The summed E-state index contributed by atoms with van der Waals surface area (Å²) >= 11 is 0. The van der Waals surface area contributed by atoms with Gasteiger partial charge in [-0.1, -0.05) is 12.1 Å². The largest absolute Gasteiger partial charge is 0.467 e. The topological polar surface area (TPSA) is 55.4 Å². The fourth-order valence-electron chi connectivity index (χ4n) is 2.33. The molecular formula is C18H14F5NO3. The maximum Gasteiger partial charge on any atom is 0.416 e. The second-order valence-corrected chi connectivity index (χ2v) is 5.61. The molecule has 4 nitrogen and oxygen atoms in total. The number of methoxy groups -OCH3 is 1. The lowest BCUT2D eigenvalue weighted by atomic mass is 10.0. The first-order valence-electron chi connectivity index (χ1n) is 7.61. The number of hydrogen-bond donors (Lipinski definition) is 1. The summed E-state index contributed by atoms with van der Waals surface area (Å²) in [7, 11) is 1.07. The molecule has 1 amide bonds. The molecule has 2 rings (SSSR count). The zero-order valence-electron chi connectivity index (χ0n) is 13.9. The number of halogens is 5. The summed E-state index contributed by atoms with van der Waals surface area (Å²) in [5.41, 5.74) is -0.891. The molecule has 1 atom stereocenters. The molecule has 0 aliphatic heterocycles. The van der Waals surface area contributed by atoms with Crippen molar-refractivity contribution in [3.63, 3.8) is 0 Å². The monoisotopic (exact) mass is 387 g/mol. The summed E-state index contributed by atoms with van der Waals surface area (Å²) in [6.07, 6.45) is -4.68. The van der Waals surface area contributed by atoms with E-state index in [1.54, 1.807) is 0 Å².